The maximum absolute atomic E-state index is 9.09. The summed E-state index contributed by atoms with van der Waals surface area (Å²) in [4.78, 5) is 10.00. The summed E-state index contributed by atoms with van der Waals surface area (Å²) in [6.07, 6.45) is 0. The number of aromatic nitrogens is 2. The van der Waals surface area contributed by atoms with Gasteiger partial charge in [0.25, 0.3) is 0 Å². The fourth-order valence-corrected chi connectivity index (χ4v) is 5.77. The zero-order valence-corrected chi connectivity index (χ0v) is 23.2. The van der Waals surface area contributed by atoms with Crippen LogP contribution in [0.3, 0.4) is 0 Å². The van der Waals surface area contributed by atoms with Crippen molar-refractivity contribution in [2.45, 2.75) is 0 Å². The highest BCUT2D eigenvalue weighted by Crippen LogP contribution is 2.32. The molecular formula is C33H19Br2N3. The monoisotopic (exact) mass is 615 g/mol. The molecule has 5 aromatic carbocycles. The van der Waals surface area contributed by atoms with Crippen molar-refractivity contribution in [2.24, 2.45) is 0 Å². The summed E-state index contributed by atoms with van der Waals surface area (Å²) in [6.45, 7) is 0. The average molecular weight is 617 g/mol. The molecule has 0 aliphatic heterocycles. The zero-order chi connectivity index (χ0) is 26.1. The molecule has 0 N–H and O–H groups in total. The summed E-state index contributed by atoms with van der Waals surface area (Å²) >= 11 is 7.22. The van der Waals surface area contributed by atoms with Gasteiger partial charge in [0.2, 0.25) is 0 Å². The van der Waals surface area contributed by atoms with E-state index in [9.17, 15) is 0 Å². The van der Waals surface area contributed by atoms with Gasteiger partial charge in [-0.05, 0) is 64.4 Å². The van der Waals surface area contributed by atoms with Crippen molar-refractivity contribution in [2.75, 3.05) is 0 Å². The Balaban J connectivity index is 1.47. The average Bonchev–Trinajstić information content (AvgIpc) is 2.96. The molecule has 0 radical (unpaired) electrons. The molecular weight excluding hydrogens is 598 g/mol. The van der Waals surface area contributed by atoms with Gasteiger partial charge in [0.05, 0.1) is 23.0 Å². The molecule has 0 saturated heterocycles. The number of nitrogens with zero attached hydrogens (tertiary/aromatic N) is 3. The molecule has 0 bridgehead atoms. The molecule has 0 unspecified atom stereocenters. The summed E-state index contributed by atoms with van der Waals surface area (Å²) in [6, 6.07) is 41.0. The first kappa shape index (κ1) is 24.2. The second kappa shape index (κ2) is 10.3. The molecule has 0 saturated carbocycles. The summed E-state index contributed by atoms with van der Waals surface area (Å²) in [5.41, 5.74) is 7.45. The highest BCUT2D eigenvalue weighted by molar-refractivity contribution is 9.11. The van der Waals surface area contributed by atoms with Crippen LogP contribution in [0.4, 0.5) is 0 Å². The van der Waals surface area contributed by atoms with E-state index in [4.69, 9.17) is 15.2 Å². The van der Waals surface area contributed by atoms with Crippen LogP contribution in [-0.4, -0.2) is 9.97 Å². The number of fused-ring (bicyclic) bond motifs is 1. The molecule has 1 aromatic heterocycles. The third kappa shape index (κ3) is 5.02. The van der Waals surface area contributed by atoms with E-state index in [0.29, 0.717) is 11.4 Å². The quantitative estimate of drug-likeness (QED) is 0.198. The van der Waals surface area contributed by atoms with E-state index in [-0.39, 0.29) is 0 Å². The first-order valence-corrected chi connectivity index (χ1v) is 13.6. The topological polar surface area (TPSA) is 49.6 Å². The second-order valence-corrected chi connectivity index (χ2v) is 10.8. The van der Waals surface area contributed by atoms with Crippen molar-refractivity contribution in [3.05, 3.63) is 130 Å². The van der Waals surface area contributed by atoms with E-state index in [1.807, 2.05) is 48.5 Å². The number of halogens is 2. The Bertz CT molecular complexity index is 1820. The van der Waals surface area contributed by atoms with Gasteiger partial charge in [-0.1, -0.05) is 105 Å². The van der Waals surface area contributed by atoms with E-state index in [1.165, 1.54) is 5.39 Å². The van der Waals surface area contributed by atoms with Crippen molar-refractivity contribution < 1.29 is 0 Å². The Morgan fingerprint density at radius 2 is 1.05 bits per heavy atom. The van der Waals surface area contributed by atoms with Gasteiger partial charge in [0.1, 0.15) is 0 Å². The molecule has 3 nitrogen and oxygen atoms in total. The van der Waals surface area contributed by atoms with Crippen LogP contribution in [0.1, 0.15) is 5.56 Å². The van der Waals surface area contributed by atoms with Crippen molar-refractivity contribution >= 4 is 42.6 Å². The van der Waals surface area contributed by atoms with Crippen molar-refractivity contribution in [1.82, 2.24) is 9.97 Å². The lowest BCUT2D eigenvalue weighted by Crippen LogP contribution is -1.96. The SMILES string of the molecule is N#Cc1ccc(-c2ccc(-c3cc(-c4cc(Br)cc(Br)c4)nc(-c4ccc5ccccc5c4)n3)cc2)cc1. The van der Waals surface area contributed by atoms with Gasteiger partial charge < -0.3 is 0 Å². The number of benzene rings is 5. The minimum Gasteiger partial charge on any atom is -0.228 e. The Morgan fingerprint density at radius 3 is 1.71 bits per heavy atom. The van der Waals surface area contributed by atoms with Gasteiger partial charge >= 0.3 is 0 Å². The number of rotatable bonds is 4. The molecule has 0 fully saturated rings. The molecule has 6 rings (SSSR count). The summed E-state index contributed by atoms with van der Waals surface area (Å²) < 4.78 is 1.95. The maximum Gasteiger partial charge on any atom is 0.160 e. The van der Waals surface area contributed by atoms with Crippen LogP contribution in [-0.2, 0) is 0 Å². The van der Waals surface area contributed by atoms with Crippen LogP contribution in [0.5, 0.6) is 0 Å². The van der Waals surface area contributed by atoms with E-state index in [0.717, 1.165) is 53.5 Å². The molecule has 6 aromatic rings. The predicted octanol–water partition coefficient (Wildman–Crippen LogP) is 9.69. The van der Waals surface area contributed by atoms with E-state index < -0.39 is 0 Å². The molecule has 0 amide bonds. The third-order valence-corrected chi connectivity index (χ3v) is 7.34. The van der Waals surface area contributed by atoms with E-state index >= 15 is 0 Å². The van der Waals surface area contributed by atoms with Gasteiger partial charge in [0, 0.05) is 25.6 Å². The van der Waals surface area contributed by atoms with Gasteiger partial charge in [-0.2, -0.15) is 5.26 Å². The van der Waals surface area contributed by atoms with Crippen molar-refractivity contribution in [3.63, 3.8) is 0 Å². The number of hydrogen-bond donors (Lipinski definition) is 0. The first-order valence-electron chi connectivity index (χ1n) is 12.0. The van der Waals surface area contributed by atoms with Crippen LogP contribution in [0.15, 0.2) is 124 Å². The number of hydrogen-bond acceptors (Lipinski definition) is 3. The number of nitriles is 1. The zero-order valence-electron chi connectivity index (χ0n) is 20.1. The lowest BCUT2D eigenvalue weighted by atomic mass is 10.0. The summed E-state index contributed by atoms with van der Waals surface area (Å²) in [7, 11) is 0. The summed E-state index contributed by atoms with van der Waals surface area (Å²) in [5.74, 6) is 0.676. The highest BCUT2D eigenvalue weighted by Gasteiger charge is 2.12. The summed E-state index contributed by atoms with van der Waals surface area (Å²) in [5, 5.41) is 11.4. The largest absolute Gasteiger partial charge is 0.228 e. The van der Waals surface area contributed by atoms with Gasteiger partial charge in [-0.25, -0.2) is 9.97 Å². The minimum atomic E-state index is 0.652. The van der Waals surface area contributed by atoms with Crippen molar-refractivity contribution in [3.8, 4) is 51.1 Å². The molecule has 0 spiro atoms. The van der Waals surface area contributed by atoms with Crippen molar-refractivity contribution in [1.29, 1.82) is 5.26 Å². The van der Waals surface area contributed by atoms with Crippen LogP contribution in [0.2, 0.25) is 0 Å². The molecule has 1 heterocycles. The minimum absolute atomic E-state index is 0.652. The highest BCUT2D eigenvalue weighted by atomic mass is 79.9. The Labute approximate surface area is 237 Å². The Hall–Kier alpha value is -4.11. The molecule has 180 valence electrons. The second-order valence-electron chi connectivity index (χ2n) is 8.95. The predicted molar refractivity (Wildman–Crippen MR) is 161 cm³/mol. The molecule has 5 heteroatoms. The fourth-order valence-electron chi connectivity index (χ4n) is 4.47. The molecule has 0 atom stereocenters. The van der Waals surface area contributed by atoms with Crippen LogP contribution < -0.4 is 0 Å². The van der Waals surface area contributed by atoms with Crippen LogP contribution in [0, 0.1) is 11.3 Å². The lowest BCUT2D eigenvalue weighted by Gasteiger charge is -2.11. The maximum atomic E-state index is 9.09. The van der Waals surface area contributed by atoms with Gasteiger partial charge in [-0.3, -0.25) is 0 Å². The lowest BCUT2D eigenvalue weighted by molar-refractivity contribution is 1.18. The fraction of sp³-hybridized carbons (Fsp3) is 0. The third-order valence-electron chi connectivity index (χ3n) is 6.42. The van der Waals surface area contributed by atoms with Gasteiger partial charge in [0.15, 0.2) is 5.82 Å². The van der Waals surface area contributed by atoms with Crippen LogP contribution >= 0.6 is 31.9 Å². The van der Waals surface area contributed by atoms with Crippen LogP contribution in [0.25, 0.3) is 55.8 Å². The normalized spacial score (nSPS) is 10.9. The smallest absolute Gasteiger partial charge is 0.160 e. The standard InChI is InChI=1S/C33H19Br2N3/c34-29-16-28(17-30(35)18-29)32-19-31(25-12-9-24(10-13-25)23-7-5-21(20-36)6-8-23)37-33(38-32)27-14-11-22-3-1-2-4-26(22)15-27/h1-19H. The Kier molecular flexibility index (Phi) is 6.59. The van der Waals surface area contributed by atoms with Gasteiger partial charge in [-0.15, -0.1) is 0 Å². The van der Waals surface area contributed by atoms with E-state index in [2.05, 4.69) is 105 Å². The molecule has 0 aliphatic carbocycles. The van der Waals surface area contributed by atoms with E-state index in [1.54, 1.807) is 0 Å². The molecule has 0 aliphatic rings. The first-order chi connectivity index (χ1) is 18.6. The molecule has 38 heavy (non-hydrogen) atoms. The Morgan fingerprint density at radius 1 is 0.500 bits per heavy atom.